The van der Waals surface area contributed by atoms with Crippen LogP contribution in [-0.2, 0) is 11.2 Å². The number of rotatable bonds is 8. The summed E-state index contributed by atoms with van der Waals surface area (Å²) in [5.41, 5.74) is 2.99. The van der Waals surface area contributed by atoms with Gasteiger partial charge in [-0.3, -0.25) is 9.18 Å². The molecule has 3 saturated heterocycles. The number of carbonyl (C=O) groups excluding carboxylic acids is 1. The fraction of sp³-hybridized carbons (Fsp3) is 0.552. The van der Waals surface area contributed by atoms with E-state index in [1.165, 1.54) is 6.07 Å². The van der Waals surface area contributed by atoms with E-state index < -0.39 is 0 Å². The molecule has 3 fully saturated rings. The van der Waals surface area contributed by atoms with Crippen LogP contribution in [0.15, 0.2) is 36.4 Å². The monoisotopic (exact) mass is 511 g/mol. The minimum atomic E-state index is -0.292. The highest BCUT2D eigenvalue weighted by Gasteiger charge is 2.47. The second-order valence-corrected chi connectivity index (χ2v) is 11.0. The molecule has 4 aliphatic rings. The van der Waals surface area contributed by atoms with Gasteiger partial charge in [-0.25, -0.2) is 4.39 Å². The van der Waals surface area contributed by atoms with Crippen LogP contribution in [0.25, 0.3) is 0 Å². The zero-order chi connectivity index (χ0) is 25.4. The maximum atomic E-state index is 15.3. The smallest absolute Gasteiger partial charge is 0.258 e. The zero-order valence-corrected chi connectivity index (χ0v) is 21.3. The SMILES string of the molecule is O=C1c2ccc(OC[C@@H]3CCCO3)cc2CCN1c1ccc(N2CCC3(CN(CCCF)C3)C2)c(F)c1. The molecule has 8 heteroatoms. The Morgan fingerprint density at radius 2 is 2.00 bits per heavy atom. The van der Waals surface area contributed by atoms with Crippen molar-refractivity contribution < 1.29 is 23.0 Å². The van der Waals surface area contributed by atoms with Gasteiger partial charge in [0.25, 0.3) is 5.91 Å². The Bertz CT molecular complexity index is 1150. The molecule has 6 rings (SSSR count). The molecule has 198 valence electrons. The number of hydrogen-bond acceptors (Lipinski definition) is 5. The first-order valence-electron chi connectivity index (χ1n) is 13.6. The molecule has 37 heavy (non-hydrogen) atoms. The summed E-state index contributed by atoms with van der Waals surface area (Å²) in [5, 5.41) is 0. The Balaban J connectivity index is 1.09. The number of carbonyl (C=O) groups is 1. The number of nitrogens with zero attached hydrogens (tertiary/aromatic N) is 3. The van der Waals surface area contributed by atoms with Crippen molar-refractivity contribution in [1.82, 2.24) is 4.90 Å². The van der Waals surface area contributed by atoms with Gasteiger partial charge < -0.3 is 24.2 Å². The molecule has 0 aromatic heterocycles. The maximum absolute atomic E-state index is 15.3. The Kier molecular flexibility index (Phi) is 6.80. The van der Waals surface area contributed by atoms with Crippen molar-refractivity contribution >= 4 is 17.3 Å². The van der Waals surface area contributed by atoms with Crippen molar-refractivity contribution in [2.75, 3.05) is 69.0 Å². The van der Waals surface area contributed by atoms with Crippen LogP contribution in [0.4, 0.5) is 20.2 Å². The molecule has 0 saturated carbocycles. The summed E-state index contributed by atoms with van der Waals surface area (Å²) >= 11 is 0. The number of amides is 1. The van der Waals surface area contributed by atoms with Crippen LogP contribution in [0.2, 0.25) is 0 Å². The summed E-state index contributed by atoms with van der Waals surface area (Å²) in [6.07, 6.45) is 4.54. The van der Waals surface area contributed by atoms with Crippen molar-refractivity contribution in [3.05, 3.63) is 53.3 Å². The summed E-state index contributed by atoms with van der Waals surface area (Å²) in [6.45, 7) is 5.93. The van der Waals surface area contributed by atoms with Gasteiger partial charge in [0.15, 0.2) is 0 Å². The van der Waals surface area contributed by atoms with E-state index >= 15 is 4.39 Å². The standard InChI is InChI=1S/C29H35F2N3O3/c30-10-2-11-32-18-29(19-32)9-13-33(20-29)27-7-4-22(16-26(27)31)34-12-8-21-15-23(5-6-25(21)28(34)35)37-17-24-3-1-14-36-24/h4-7,15-16,24H,1-3,8-14,17-20H2/t24-/m0/s1. The third-order valence-electron chi connectivity index (χ3n) is 8.36. The fourth-order valence-corrected chi connectivity index (χ4v) is 6.43. The van der Waals surface area contributed by atoms with Crippen molar-refractivity contribution in [3.8, 4) is 5.75 Å². The third kappa shape index (κ3) is 4.93. The number of hydrogen-bond donors (Lipinski definition) is 0. The zero-order valence-electron chi connectivity index (χ0n) is 21.3. The number of ether oxygens (including phenoxy) is 2. The van der Waals surface area contributed by atoms with Crippen LogP contribution in [-0.4, -0.2) is 76.1 Å². The van der Waals surface area contributed by atoms with E-state index in [0.29, 0.717) is 42.9 Å². The normalized spacial score (nSPS) is 23.0. The Labute approximate surface area is 217 Å². The molecule has 0 aliphatic carbocycles. The summed E-state index contributed by atoms with van der Waals surface area (Å²) in [7, 11) is 0. The molecule has 0 N–H and O–H groups in total. The fourth-order valence-electron chi connectivity index (χ4n) is 6.43. The predicted octanol–water partition coefficient (Wildman–Crippen LogP) is 4.46. The molecule has 2 aromatic carbocycles. The molecule has 2 aromatic rings. The molecule has 0 radical (unpaired) electrons. The highest BCUT2D eigenvalue weighted by atomic mass is 19.1. The minimum Gasteiger partial charge on any atom is -0.491 e. The predicted molar refractivity (Wildman–Crippen MR) is 139 cm³/mol. The minimum absolute atomic E-state index is 0.109. The van der Waals surface area contributed by atoms with Gasteiger partial charge in [-0.2, -0.15) is 0 Å². The van der Waals surface area contributed by atoms with E-state index in [9.17, 15) is 9.18 Å². The van der Waals surface area contributed by atoms with Gasteiger partial charge in [0.2, 0.25) is 0 Å². The first-order chi connectivity index (χ1) is 18.0. The third-order valence-corrected chi connectivity index (χ3v) is 8.36. The van der Waals surface area contributed by atoms with Crippen molar-refractivity contribution in [2.24, 2.45) is 5.41 Å². The summed E-state index contributed by atoms with van der Waals surface area (Å²) < 4.78 is 39.3. The van der Waals surface area contributed by atoms with E-state index in [2.05, 4.69) is 9.80 Å². The second-order valence-electron chi connectivity index (χ2n) is 11.0. The van der Waals surface area contributed by atoms with Crippen LogP contribution < -0.4 is 14.5 Å². The lowest BCUT2D eigenvalue weighted by atomic mass is 9.79. The topological polar surface area (TPSA) is 45.3 Å². The second kappa shape index (κ2) is 10.2. The highest BCUT2D eigenvalue weighted by Crippen LogP contribution is 2.42. The first-order valence-corrected chi connectivity index (χ1v) is 13.6. The molecule has 0 unspecified atom stereocenters. The van der Waals surface area contributed by atoms with Gasteiger partial charge in [-0.1, -0.05) is 0 Å². The van der Waals surface area contributed by atoms with E-state index in [1.807, 2.05) is 30.3 Å². The average Bonchev–Trinajstić information content (AvgIpc) is 3.56. The van der Waals surface area contributed by atoms with Crippen LogP contribution >= 0.6 is 0 Å². The average molecular weight is 512 g/mol. The lowest BCUT2D eigenvalue weighted by Crippen LogP contribution is -2.57. The number of benzene rings is 2. The molecule has 6 nitrogen and oxygen atoms in total. The maximum Gasteiger partial charge on any atom is 0.258 e. The van der Waals surface area contributed by atoms with E-state index in [4.69, 9.17) is 9.47 Å². The Morgan fingerprint density at radius 3 is 2.78 bits per heavy atom. The van der Waals surface area contributed by atoms with Gasteiger partial charge in [-0.05, 0) is 74.1 Å². The van der Waals surface area contributed by atoms with Gasteiger partial charge in [0.1, 0.15) is 18.2 Å². The largest absolute Gasteiger partial charge is 0.491 e. The summed E-state index contributed by atoms with van der Waals surface area (Å²) in [5.74, 6) is 0.355. The molecule has 0 bridgehead atoms. The number of likely N-dealkylation sites (tertiary alicyclic amines) is 1. The number of fused-ring (bicyclic) bond motifs is 1. The molecule has 4 aliphatic heterocycles. The molecular formula is C29H35F2N3O3. The van der Waals surface area contributed by atoms with Crippen LogP contribution in [0.5, 0.6) is 5.75 Å². The number of anilines is 2. The van der Waals surface area contributed by atoms with Gasteiger partial charge >= 0.3 is 0 Å². The van der Waals surface area contributed by atoms with Crippen molar-refractivity contribution in [2.45, 2.75) is 38.2 Å². The van der Waals surface area contributed by atoms with E-state index in [1.54, 1.807) is 4.90 Å². The van der Waals surface area contributed by atoms with Crippen LogP contribution in [0, 0.1) is 11.2 Å². The summed E-state index contributed by atoms with van der Waals surface area (Å²) in [6, 6.07) is 10.8. The number of alkyl halides is 1. The lowest BCUT2D eigenvalue weighted by molar-refractivity contribution is 0.0165. The lowest BCUT2D eigenvalue weighted by Gasteiger charge is -2.48. The highest BCUT2D eigenvalue weighted by molar-refractivity contribution is 6.08. The van der Waals surface area contributed by atoms with Gasteiger partial charge in [0, 0.05) is 62.5 Å². The van der Waals surface area contributed by atoms with Crippen LogP contribution in [0.1, 0.15) is 41.6 Å². The molecular weight excluding hydrogens is 476 g/mol. The van der Waals surface area contributed by atoms with Crippen LogP contribution in [0.3, 0.4) is 0 Å². The van der Waals surface area contributed by atoms with Gasteiger partial charge in [0.05, 0.1) is 18.5 Å². The quantitative estimate of drug-likeness (QED) is 0.524. The summed E-state index contributed by atoms with van der Waals surface area (Å²) in [4.78, 5) is 19.4. The van der Waals surface area contributed by atoms with E-state index in [-0.39, 0.29) is 29.9 Å². The number of halogens is 2. The molecule has 4 heterocycles. The molecule has 1 spiro atoms. The molecule has 1 atom stereocenters. The van der Waals surface area contributed by atoms with E-state index in [0.717, 1.165) is 69.9 Å². The van der Waals surface area contributed by atoms with Crippen molar-refractivity contribution in [3.63, 3.8) is 0 Å². The van der Waals surface area contributed by atoms with Crippen molar-refractivity contribution in [1.29, 1.82) is 0 Å². The Morgan fingerprint density at radius 1 is 1.11 bits per heavy atom. The Hall–Kier alpha value is -2.71. The van der Waals surface area contributed by atoms with Gasteiger partial charge in [-0.15, -0.1) is 0 Å². The molecule has 1 amide bonds. The first kappa shape index (κ1) is 24.6.